The number of nitrogens with two attached hydrogens (primary N) is 1. The Kier molecular flexibility index (Phi) is 5.09. The summed E-state index contributed by atoms with van der Waals surface area (Å²) in [6.45, 7) is 5.36. The highest BCUT2D eigenvalue weighted by Crippen LogP contribution is 2.31. The fourth-order valence-corrected chi connectivity index (χ4v) is 5.13. The highest BCUT2D eigenvalue weighted by Gasteiger charge is 2.35. The molecule has 2 aliphatic heterocycles. The van der Waals surface area contributed by atoms with Gasteiger partial charge in [0, 0.05) is 32.2 Å². The van der Waals surface area contributed by atoms with E-state index in [9.17, 15) is 4.79 Å². The van der Waals surface area contributed by atoms with Gasteiger partial charge in [-0.25, -0.2) is 9.97 Å². The maximum Gasteiger partial charge on any atom is 0.227 e. The van der Waals surface area contributed by atoms with Crippen molar-refractivity contribution in [3.05, 3.63) is 17.8 Å². The Balaban J connectivity index is 1.51. The lowest BCUT2D eigenvalue weighted by molar-refractivity contribution is -0.140. The predicted molar refractivity (Wildman–Crippen MR) is 105 cm³/mol. The summed E-state index contributed by atoms with van der Waals surface area (Å²) in [4.78, 5) is 27.4. The topological polar surface area (TPSA) is 75.4 Å². The first-order chi connectivity index (χ1) is 12.7. The number of hydrogen-bond donors (Lipinski definition) is 1. The number of piperidine rings is 2. The molecule has 1 amide bonds. The number of thiophene rings is 1. The fraction of sp³-hybridized carbons (Fsp3) is 0.632. The maximum atomic E-state index is 13.2. The lowest BCUT2D eigenvalue weighted by Crippen LogP contribution is -2.53. The molecule has 4 heterocycles. The van der Waals surface area contributed by atoms with E-state index in [1.807, 2.05) is 0 Å². The molecule has 3 unspecified atom stereocenters. The molecule has 0 spiro atoms. The van der Waals surface area contributed by atoms with Crippen LogP contribution in [0.5, 0.6) is 0 Å². The number of rotatable bonds is 3. The minimum absolute atomic E-state index is 0.0369. The van der Waals surface area contributed by atoms with Gasteiger partial charge in [0.1, 0.15) is 17.0 Å². The lowest BCUT2D eigenvalue weighted by atomic mass is 9.89. The minimum atomic E-state index is 0.0369. The van der Waals surface area contributed by atoms with Gasteiger partial charge in [-0.15, -0.1) is 11.3 Å². The van der Waals surface area contributed by atoms with Crippen molar-refractivity contribution < 1.29 is 4.79 Å². The molecule has 0 aromatic carbocycles. The van der Waals surface area contributed by atoms with Crippen LogP contribution in [0, 0.1) is 11.8 Å². The molecule has 2 fully saturated rings. The second-order valence-electron chi connectivity index (χ2n) is 7.67. The van der Waals surface area contributed by atoms with Crippen LogP contribution in [0.3, 0.4) is 0 Å². The molecular formula is C19H27N5OS. The van der Waals surface area contributed by atoms with Crippen LogP contribution in [0.15, 0.2) is 17.8 Å². The van der Waals surface area contributed by atoms with E-state index >= 15 is 0 Å². The zero-order chi connectivity index (χ0) is 18.1. The first kappa shape index (κ1) is 17.7. The van der Waals surface area contributed by atoms with Crippen LogP contribution in [0.25, 0.3) is 10.2 Å². The van der Waals surface area contributed by atoms with Crippen LogP contribution in [0.1, 0.15) is 32.6 Å². The Morgan fingerprint density at radius 1 is 1.35 bits per heavy atom. The molecule has 2 aromatic heterocycles. The second kappa shape index (κ2) is 7.48. The third-order valence-electron chi connectivity index (χ3n) is 5.84. The first-order valence-corrected chi connectivity index (χ1v) is 10.5. The van der Waals surface area contributed by atoms with Gasteiger partial charge in [0.05, 0.1) is 11.3 Å². The quantitative estimate of drug-likeness (QED) is 0.895. The molecular weight excluding hydrogens is 346 g/mol. The van der Waals surface area contributed by atoms with Crippen LogP contribution in [-0.2, 0) is 4.79 Å². The number of hydrogen-bond acceptors (Lipinski definition) is 6. The molecule has 2 saturated heterocycles. The molecule has 0 bridgehead atoms. The van der Waals surface area contributed by atoms with E-state index in [0.29, 0.717) is 12.5 Å². The highest BCUT2D eigenvalue weighted by atomic mass is 32.1. The first-order valence-electron chi connectivity index (χ1n) is 9.61. The van der Waals surface area contributed by atoms with E-state index in [1.165, 1.54) is 0 Å². The van der Waals surface area contributed by atoms with Gasteiger partial charge in [-0.3, -0.25) is 4.79 Å². The second-order valence-corrected chi connectivity index (χ2v) is 8.57. The van der Waals surface area contributed by atoms with Crippen LogP contribution >= 0.6 is 11.3 Å². The van der Waals surface area contributed by atoms with E-state index in [1.54, 1.807) is 17.7 Å². The molecule has 3 atom stereocenters. The van der Waals surface area contributed by atoms with Gasteiger partial charge in [-0.05, 0) is 43.0 Å². The number of aromatic nitrogens is 2. The van der Waals surface area contributed by atoms with Crippen LogP contribution < -0.4 is 10.6 Å². The molecule has 140 valence electrons. The van der Waals surface area contributed by atoms with Gasteiger partial charge in [0.15, 0.2) is 0 Å². The van der Waals surface area contributed by atoms with Gasteiger partial charge in [0.25, 0.3) is 0 Å². The monoisotopic (exact) mass is 373 g/mol. The van der Waals surface area contributed by atoms with E-state index in [4.69, 9.17) is 5.73 Å². The molecule has 4 rings (SSSR count). The van der Waals surface area contributed by atoms with Crippen LogP contribution in [0.2, 0.25) is 0 Å². The summed E-state index contributed by atoms with van der Waals surface area (Å²) in [5.41, 5.74) is 5.97. The zero-order valence-electron chi connectivity index (χ0n) is 15.3. The maximum absolute atomic E-state index is 13.2. The van der Waals surface area contributed by atoms with Crippen molar-refractivity contribution in [3.63, 3.8) is 0 Å². The molecule has 2 N–H and O–H groups in total. The Morgan fingerprint density at radius 3 is 3.08 bits per heavy atom. The normalized spacial score (nSPS) is 27.1. The molecule has 2 aromatic rings. The summed E-state index contributed by atoms with van der Waals surface area (Å²) in [7, 11) is 0. The molecule has 6 nitrogen and oxygen atoms in total. The third-order valence-corrected chi connectivity index (χ3v) is 6.66. The average molecular weight is 374 g/mol. The molecule has 2 aliphatic rings. The van der Waals surface area contributed by atoms with Gasteiger partial charge < -0.3 is 15.5 Å². The Bertz CT molecular complexity index is 778. The number of carbonyl (C=O) groups excluding carboxylic acids is 1. The lowest BCUT2D eigenvalue weighted by Gasteiger charge is -2.42. The summed E-state index contributed by atoms with van der Waals surface area (Å²) < 4.78 is 0. The fourth-order valence-electron chi connectivity index (χ4n) is 4.40. The van der Waals surface area contributed by atoms with E-state index in [2.05, 4.69) is 38.1 Å². The van der Waals surface area contributed by atoms with Crippen molar-refractivity contribution in [2.24, 2.45) is 17.6 Å². The van der Waals surface area contributed by atoms with Crippen molar-refractivity contribution in [2.45, 2.75) is 38.6 Å². The van der Waals surface area contributed by atoms with Gasteiger partial charge >= 0.3 is 0 Å². The van der Waals surface area contributed by atoms with Crippen molar-refractivity contribution in [2.75, 3.05) is 31.1 Å². The van der Waals surface area contributed by atoms with E-state index < -0.39 is 0 Å². The Hall–Kier alpha value is -1.73. The average Bonchev–Trinajstić information content (AvgIpc) is 3.16. The number of carbonyl (C=O) groups is 1. The summed E-state index contributed by atoms with van der Waals surface area (Å²) in [5.74, 6) is 1.95. The molecule has 0 aliphatic carbocycles. The number of likely N-dealkylation sites (tertiary alicyclic amines) is 1. The van der Waals surface area contributed by atoms with E-state index in [-0.39, 0.29) is 17.9 Å². The highest BCUT2D eigenvalue weighted by molar-refractivity contribution is 7.16. The number of anilines is 1. The summed E-state index contributed by atoms with van der Waals surface area (Å²) in [5, 5.41) is 3.15. The van der Waals surface area contributed by atoms with Crippen molar-refractivity contribution in [1.29, 1.82) is 0 Å². The van der Waals surface area contributed by atoms with Crippen molar-refractivity contribution in [1.82, 2.24) is 14.9 Å². The zero-order valence-corrected chi connectivity index (χ0v) is 16.1. The van der Waals surface area contributed by atoms with Crippen LogP contribution in [-0.4, -0.2) is 53.0 Å². The summed E-state index contributed by atoms with van der Waals surface area (Å²) in [6.07, 6.45) is 5.72. The van der Waals surface area contributed by atoms with Crippen molar-refractivity contribution in [3.8, 4) is 0 Å². The SMILES string of the molecule is CC1CCN(C(=O)C2CCCN(c3ncnc4sccc34)C2)C(CN)C1. The van der Waals surface area contributed by atoms with E-state index in [0.717, 1.165) is 61.4 Å². The van der Waals surface area contributed by atoms with Gasteiger partial charge in [0.2, 0.25) is 5.91 Å². The third kappa shape index (κ3) is 3.30. The van der Waals surface area contributed by atoms with Gasteiger partial charge in [-0.2, -0.15) is 0 Å². The standard InChI is InChI=1S/C19H27N5OS/c1-13-4-7-24(15(9-13)10-20)19(25)14-3-2-6-23(11-14)17-16-5-8-26-18(16)22-12-21-17/h5,8,12-15H,2-4,6-7,9-11,20H2,1H3. The largest absolute Gasteiger partial charge is 0.355 e. The van der Waals surface area contributed by atoms with Gasteiger partial charge in [-0.1, -0.05) is 6.92 Å². The van der Waals surface area contributed by atoms with Crippen LogP contribution in [0.4, 0.5) is 5.82 Å². The smallest absolute Gasteiger partial charge is 0.227 e. The molecule has 0 radical (unpaired) electrons. The molecule has 0 saturated carbocycles. The summed E-state index contributed by atoms with van der Waals surface area (Å²) in [6, 6.07) is 2.28. The summed E-state index contributed by atoms with van der Waals surface area (Å²) >= 11 is 1.63. The minimum Gasteiger partial charge on any atom is -0.355 e. The Labute approximate surface area is 158 Å². The predicted octanol–water partition coefficient (Wildman–Crippen LogP) is 2.49. The Morgan fingerprint density at radius 2 is 2.23 bits per heavy atom. The number of amides is 1. The molecule has 7 heteroatoms. The number of fused-ring (bicyclic) bond motifs is 1. The van der Waals surface area contributed by atoms with Crippen molar-refractivity contribution >= 4 is 33.3 Å². The number of nitrogens with zero attached hydrogens (tertiary/aromatic N) is 4. The molecule has 26 heavy (non-hydrogen) atoms.